The van der Waals surface area contributed by atoms with Gasteiger partial charge in [-0.1, -0.05) is 30.3 Å². The van der Waals surface area contributed by atoms with Crippen LogP contribution in [0.25, 0.3) is 0 Å². The van der Waals surface area contributed by atoms with Crippen molar-refractivity contribution in [1.82, 2.24) is 10.2 Å². The number of piperidine rings is 2. The Balaban J connectivity index is 1.46. The van der Waals surface area contributed by atoms with Crippen molar-refractivity contribution < 1.29 is 27.8 Å². The molecule has 2 aliphatic heterocycles. The van der Waals surface area contributed by atoms with E-state index in [0.29, 0.717) is 32.0 Å². The number of aliphatic hydroxyl groups is 1. The summed E-state index contributed by atoms with van der Waals surface area (Å²) in [6.45, 7) is 4.02. The molecule has 10 heteroatoms. The summed E-state index contributed by atoms with van der Waals surface area (Å²) in [5.41, 5.74) is -0.360. The van der Waals surface area contributed by atoms with Crippen molar-refractivity contribution in [1.29, 1.82) is 5.26 Å². The van der Waals surface area contributed by atoms with Crippen LogP contribution in [0.15, 0.2) is 48.5 Å². The number of amides is 1. The van der Waals surface area contributed by atoms with Gasteiger partial charge >= 0.3 is 6.36 Å². The van der Waals surface area contributed by atoms with Crippen molar-refractivity contribution >= 4 is 11.6 Å². The molecule has 2 saturated heterocycles. The van der Waals surface area contributed by atoms with E-state index in [1.807, 2.05) is 18.2 Å². The molecule has 0 spiro atoms. The Morgan fingerprint density at radius 1 is 1.16 bits per heavy atom. The zero-order chi connectivity index (χ0) is 27.2. The Hall–Kier alpha value is -3.13. The number of halogens is 3. The molecule has 0 radical (unpaired) electrons. The van der Waals surface area contributed by atoms with Crippen molar-refractivity contribution in [2.75, 3.05) is 37.6 Å². The molecule has 2 N–H and O–H groups in total. The molecule has 0 aromatic heterocycles. The highest BCUT2D eigenvalue weighted by Crippen LogP contribution is 2.33. The third-order valence-corrected chi connectivity index (χ3v) is 7.41. The molecule has 2 fully saturated rings. The number of carbonyl (C=O) groups excluding carboxylic acids is 1. The smallest absolute Gasteiger partial charge is 0.404 e. The zero-order valence-corrected chi connectivity index (χ0v) is 21.2. The largest absolute Gasteiger partial charge is 0.573 e. The first-order valence-corrected chi connectivity index (χ1v) is 13.0. The van der Waals surface area contributed by atoms with Crippen LogP contribution in [0.3, 0.4) is 0 Å². The van der Waals surface area contributed by atoms with Crippen LogP contribution in [0.1, 0.15) is 43.2 Å². The van der Waals surface area contributed by atoms with Gasteiger partial charge in [-0.05, 0) is 88.0 Å². The van der Waals surface area contributed by atoms with E-state index in [9.17, 15) is 28.3 Å². The molecular weight excluding hydrogens is 497 g/mol. The highest BCUT2D eigenvalue weighted by atomic mass is 19.4. The molecule has 0 saturated carbocycles. The van der Waals surface area contributed by atoms with Crippen molar-refractivity contribution in [3.05, 3.63) is 59.7 Å². The third kappa shape index (κ3) is 7.25. The maximum atomic E-state index is 13.6. The highest BCUT2D eigenvalue weighted by molar-refractivity contribution is 5.99. The van der Waals surface area contributed by atoms with E-state index in [4.69, 9.17) is 0 Å². The number of hydrogen-bond donors (Lipinski definition) is 2. The second-order valence-corrected chi connectivity index (χ2v) is 10.1. The van der Waals surface area contributed by atoms with E-state index in [1.165, 1.54) is 22.6 Å². The lowest BCUT2D eigenvalue weighted by molar-refractivity contribution is -0.274. The molecule has 0 bridgehead atoms. The maximum Gasteiger partial charge on any atom is 0.573 e. The van der Waals surface area contributed by atoms with Crippen LogP contribution in [0.5, 0.6) is 5.75 Å². The second-order valence-electron chi connectivity index (χ2n) is 10.1. The van der Waals surface area contributed by atoms with Crippen molar-refractivity contribution in [2.45, 2.75) is 50.6 Å². The SMILES string of the molecule is N#Cc1cc(N(CCC2CCN(Cc3ccccc3)CC2)C(=O)C2(O)CCNCC2)ccc1OC(F)(F)F. The van der Waals surface area contributed by atoms with Crippen LogP contribution in [0, 0.1) is 17.2 Å². The molecule has 0 unspecified atom stereocenters. The Labute approximate surface area is 220 Å². The Kier molecular flexibility index (Phi) is 8.92. The summed E-state index contributed by atoms with van der Waals surface area (Å²) >= 11 is 0. The maximum absolute atomic E-state index is 13.6. The lowest BCUT2D eigenvalue weighted by Crippen LogP contribution is -2.54. The normalized spacial score (nSPS) is 18.5. The molecule has 2 aromatic carbocycles. The number of alkyl halides is 3. The van der Waals surface area contributed by atoms with Crippen LogP contribution in [-0.2, 0) is 11.3 Å². The van der Waals surface area contributed by atoms with Crippen LogP contribution in [0.2, 0.25) is 0 Å². The first kappa shape index (κ1) is 27.9. The van der Waals surface area contributed by atoms with E-state index in [0.717, 1.165) is 38.5 Å². The van der Waals surface area contributed by atoms with E-state index in [1.54, 1.807) is 6.07 Å². The number of nitriles is 1. The topological polar surface area (TPSA) is 88.8 Å². The molecule has 2 heterocycles. The summed E-state index contributed by atoms with van der Waals surface area (Å²) < 4.78 is 42.3. The monoisotopic (exact) mass is 530 g/mol. The molecule has 0 atom stereocenters. The summed E-state index contributed by atoms with van der Waals surface area (Å²) in [6, 6.07) is 15.6. The molecule has 1 amide bonds. The van der Waals surface area contributed by atoms with Crippen molar-refractivity contribution in [3.8, 4) is 11.8 Å². The summed E-state index contributed by atoms with van der Waals surface area (Å²) in [5.74, 6) is -0.750. The summed E-state index contributed by atoms with van der Waals surface area (Å²) in [7, 11) is 0. The van der Waals surface area contributed by atoms with Gasteiger partial charge in [0.25, 0.3) is 5.91 Å². The molecule has 7 nitrogen and oxygen atoms in total. The minimum atomic E-state index is -4.94. The summed E-state index contributed by atoms with van der Waals surface area (Å²) in [5, 5.41) is 23.7. The van der Waals surface area contributed by atoms with Gasteiger partial charge in [0.15, 0.2) is 0 Å². The van der Waals surface area contributed by atoms with E-state index in [2.05, 4.69) is 27.1 Å². The predicted octanol–water partition coefficient (Wildman–Crippen LogP) is 4.21. The molecule has 2 aromatic rings. The van der Waals surface area contributed by atoms with Crippen LogP contribution >= 0.6 is 0 Å². The van der Waals surface area contributed by atoms with Gasteiger partial charge in [-0.3, -0.25) is 9.69 Å². The number of nitrogens with one attached hydrogen (secondary N) is 1. The number of anilines is 1. The van der Waals surface area contributed by atoms with Crippen LogP contribution < -0.4 is 15.0 Å². The molecule has 2 aliphatic rings. The lowest BCUT2D eigenvalue weighted by atomic mass is 9.89. The fraction of sp³-hybridized carbons (Fsp3) is 0.500. The number of hydrogen-bond acceptors (Lipinski definition) is 6. The second kappa shape index (κ2) is 12.2. The number of rotatable bonds is 8. The molecule has 4 rings (SSSR count). The average molecular weight is 531 g/mol. The molecule has 0 aliphatic carbocycles. The van der Waals surface area contributed by atoms with Gasteiger partial charge in [0.05, 0.1) is 5.56 Å². The molecule has 38 heavy (non-hydrogen) atoms. The fourth-order valence-corrected chi connectivity index (χ4v) is 5.23. The van der Waals surface area contributed by atoms with Crippen LogP contribution in [-0.4, -0.2) is 60.6 Å². The van der Waals surface area contributed by atoms with Gasteiger partial charge in [0.1, 0.15) is 17.4 Å². The van der Waals surface area contributed by atoms with E-state index >= 15 is 0 Å². The fourth-order valence-electron chi connectivity index (χ4n) is 5.23. The number of nitrogens with zero attached hydrogens (tertiary/aromatic N) is 3. The zero-order valence-electron chi connectivity index (χ0n) is 21.2. The lowest BCUT2D eigenvalue weighted by Gasteiger charge is -2.37. The van der Waals surface area contributed by atoms with Gasteiger partial charge < -0.3 is 20.1 Å². The predicted molar refractivity (Wildman–Crippen MR) is 136 cm³/mol. The highest BCUT2D eigenvalue weighted by Gasteiger charge is 2.41. The van der Waals surface area contributed by atoms with Gasteiger partial charge in [-0.2, -0.15) is 5.26 Å². The molecular formula is C28H33F3N4O3. The molecule has 204 valence electrons. The van der Waals surface area contributed by atoms with Crippen molar-refractivity contribution in [2.24, 2.45) is 5.92 Å². The average Bonchev–Trinajstić information content (AvgIpc) is 2.90. The number of likely N-dealkylation sites (tertiary alicyclic amines) is 1. The van der Waals surface area contributed by atoms with Crippen molar-refractivity contribution in [3.63, 3.8) is 0 Å². The minimum Gasteiger partial charge on any atom is -0.404 e. The van der Waals surface area contributed by atoms with Gasteiger partial charge in [0, 0.05) is 18.8 Å². The van der Waals surface area contributed by atoms with E-state index < -0.39 is 23.6 Å². The minimum absolute atomic E-state index is 0.237. The Morgan fingerprint density at radius 2 is 1.84 bits per heavy atom. The first-order valence-electron chi connectivity index (χ1n) is 13.0. The number of benzene rings is 2. The Bertz CT molecular complexity index is 1120. The van der Waals surface area contributed by atoms with Gasteiger partial charge in [0.2, 0.25) is 0 Å². The standard InChI is InChI=1S/C28H33F3N4O3/c29-28(30,31)38-25-7-6-24(18-23(25)19-32)35(26(36)27(37)11-13-33-14-12-27)17-10-21-8-15-34(16-9-21)20-22-4-2-1-3-5-22/h1-7,18,21,33,37H,8-17,20H2. The number of carbonyl (C=O) groups is 1. The number of ether oxygens (including phenoxy) is 1. The van der Waals surface area contributed by atoms with Gasteiger partial charge in [-0.15, -0.1) is 13.2 Å². The Morgan fingerprint density at radius 3 is 2.47 bits per heavy atom. The van der Waals surface area contributed by atoms with Crippen LogP contribution in [0.4, 0.5) is 18.9 Å². The first-order chi connectivity index (χ1) is 18.2. The van der Waals surface area contributed by atoms with Gasteiger partial charge in [-0.25, -0.2) is 0 Å². The van der Waals surface area contributed by atoms with E-state index in [-0.39, 0.29) is 24.1 Å². The summed E-state index contributed by atoms with van der Waals surface area (Å²) in [6.07, 6.45) is -1.86. The third-order valence-electron chi connectivity index (χ3n) is 7.41. The quantitative estimate of drug-likeness (QED) is 0.532. The summed E-state index contributed by atoms with van der Waals surface area (Å²) in [4.78, 5) is 17.4.